The number of hydrogen-bond donors (Lipinski definition) is 1. The fourth-order valence-corrected chi connectivity index (χ4v) is 3.91. The van der Waals surface area contributed by atoms with Crippen molar-refractivity contribution in [2.24, 2.45) is 11.8 Å². The van der Waals surface area contributed by atoms with Gasteiger partial charge in [0.15, 0.2) is 0 Å². The molecule has 3 atom stereocenters. The summed E-state index contributed by atoms with van der Waals surface area (Å²) in [5, 5.41) is 5.65. The predicted molar refractivity (Wildman–Crippen MR) is 91.1 cm³/mol. The van der Waals surface area contributed by atoms with Gasteiger partial charge in [-0.05, 0) is 61.8 Å². The zero-order valence-corrected chi connectivity index (χ0v) is 13.7. The van der Waals surface area contributed by atoms with Crippen molar-refractivity contribution in [2.45, 2.75) is 46.1 Å². The third-order valence-corrected chi connectivity index (χ3v) is 5.09. The van der Waals surface area contributed by atoms with Crippen molar-refractivity contribution in [1.29, 1.82) is 0 Å². The molecule has 1 fully saturated rings. The van der Waals surface area contributed by atoms with E-state index in [2.05, 4.69) is 37.1 Å². The lowest BCUT2D eigenvalue weighted by Crippen LogP contribution is -2.33. The molecule has 2 nitrogen and oxygen atoms in total. The van der Waals surface area contributed by atoms with Gasteiger partial charge in [-0.25, -0.2) is 0 Å². The van der Waals surface area contributed by atoms with Crippen molar-refractivity contribution in [1.82, 2.24) is 4.98 Å². The first-order valence-corrected chi connectivity index (χ1v) is 8.24. The average molecular weight is 303 g/mol. The number of aromatic nitrogens is 1. The number of nitrogens with one attached hydrogen (secondary N) is 1. The van der Waals surface area contributed by atoms with E-state index < -0.39 is 0 Å². The molecule has 112 valence electrons. The number of aryl methyl sites for hydroxylation is 1. The van der Waals surface area contributed by atoms with E-state index in [9.17, 15) is 0 Å². The normalized spacial score (nSPS) is 26.0. The summed E-state index contributed by atoms with van der Waals surface area (Å²) in [6, 6.07) is 6.62. The molecule has 1 heterocycles. The van der Waals surface area contributed by atoms with E-state index in [1.807, 2.05) is 18.3 Å². The molecule has 0 bridgehead atoms. The van der Waals surface area contributed by atoms with Crippen LogP contribution in [-0.2, 0) is 0 Å². The van der Waals surface area contributed by atoms with E-state index in [0.29, 0.717) is 12.0 Å². The van der Waals surface area contributed by atoms with Gasteiger partial charge in [0.25, 0.3) is 0 Å². The van der Waals surface area contributed by atoms with E-state index >= 15 is 0 Å². The Labute approximate surface area is 131 Å². The molecular formula is C18H23ClN2. The van der Waals surface area contributed by atoms with Crippen LogP contribution in [-0.4, -0.2) is 11.0 Å². The molecule has 0 radical (unpaired) electrons. The third kappa shape index (κ3) is 2.87. The summed E-state index contributed by atoms with van der Waals surface area (Å²) >= 11 is 6.51. The van der Waals surface area contributed by atoms with Crippen molar-refractivity contribution >= 4 is 28.2 Å². The molecule has 3 unspecified atom stereocenters. The smallest absolute Gasteiger partial charge is 0.0752 e. The Hall–Kier alpha value is -1.28. The Morgan fingerprint density at radius 1 is 1.29 bits per heavy atom. The minimum Gasteiger partial charge on any atom is -0.380 e. The maximum Gasteiger partial charge on any atom is 0.0752 e. The first-order chi connectivity index (χ1) is 10.1. The van der Waals surface area contributed by atoms with Crippen molar-refractivity contribution < 1.29 is 0 Å². The van der Waals surface area contributed by atoms with Crippen LogP contribution >= 0.6 is 11.6 Å². The molecule has 0 aliphatic heterocycles. The minimum absolute atomic E-state index is 0.504. The molecule has 3 heteroatoms. The Morgan fingerprint density at radius 2 is 2.10 bits per heavy atom. The van der Waals surface area contributed by atoms with Crippen LogP contribution in [0.1, 0.15) is 38.7 Å². The zero-order chi connectivity index (χ0) is 15.0. The van der Waals surface area contributed by atoms with Crippen molar-refractivity contribution in [3.63, 3.8) is 0 Å². The van der Waals surface area contributed by atoms with Crippen LogP contribution < -0.4 is 5.32 Å². The molecule has 1 N–H and O–H groups in total. The van der Waals surface area contributed by atoms with Gasteiger partial charge >= 0.3 is 0 Å². The monoisotopic (exact) mass is 302 g/mol. The van der Waals surface area contributed by atoms with Gasteiger partial charge in [-0.2, -0.15) is 0 Å². The lowest BCUT2D eigenvalue weighted by Gasteiger charge is -2.34. The Kier molecular flexibility index (Phi) is 4.08. The number of pyridine rings is 1. The fourth-order valence-electron chi connectivity index (χ4n) is 3.59. The summed E-state index contributed by atoms with van der Waals surface area (Å²) in [5.74, 6) is 1.52. The largest absolute Gasteiger partial charge is 0.380 e. The van der Waals surface area contributed by atoms with Gasteiger partial charge in [-0.3, -0.25) is 4.98 Å². The predicted octanol–water partition coefficient (Wildman–Crippen LogP) is 5.43. The summed E-state index contributed by atoms with van der Waals surface area (Å²) in [7, 11) is 0. The Morgan fingerprint density at radius 3 is 2.86 bits per heavy atom. The highest BCUT2D eigenvalue weighted by Crippen LogP contribution is 2.37. The highest BCUT2D eigenvalue weighted by atomic mass is 35.5. The van der Waals surface area contributed by atoms with Crippen molar-refractivity contribution in [2.75, 3.05) is 5.32 Å². The van der Waals surface area contributed by atoms with Crippen molar-refractivity contribution in [3.8, 4) is 0 Å². The van der Waals surface area contributed by atoms with Gasteiger partial charge in [0.2, 0.25) is 0 Å². The van der Waals surface area contributed by atoms with Crippen LogP contribution in [0.15, 0.2) is 24.4 Å². The van der Waals surface area contributed by atoms with E-state index in [4.69, 9.17) is 11.6 Å². The Bertz CT molecular complexity index is 653. The van der Waals surface area contributed by atoms with E-state index in [0.717, 1.165) is 33.1 Å². The second-order valence-corrected chi connectivity index (χ2v) is 7.00. The second-order valence-electron chi connectivity index (χ2n) is 6.60. The molecule has 1 aliphatic rings. The summed E-state index contributed by atoms with van der Waals surface area (Å²) in [4.78, 5) is 4.51. The molecular weight excluding hydrogens is 280 g/mol. The second kappa shape index (κ2) is 5.84. The van der Waals surface area contributed by atoms with Crippen molar-refractivity contribution in [3.05, 3.63) is 35.0 Å². The van der Waals surface area contributed by atoms with Gasteiger partial charge < -0.3 is 5.32 Å². The van der Waals surface area contributed by atoms with E-state index in [-0.39, 0.29) is 0 Å². The van der Waals surface area contributed by atoms with Crippen LogP contribution in [0, 0.1) is 18.8 Å². The fraction of sp³-hybridized carbons (Fsp3) is 0.500. The molecule has 0 spiro atoms. The van der Waals surface area contributed by atoms with E-state index in [1.165, 1.54) is 19.3 Å². The molecule has 1 aromatic heterocycles. The van der Waals surface area contributed by atoms with Crippen LogP contribution in [0.4, 0.5) is 5.69 Å². The Balaban J connectivity index is 1.97. The summed E-state index contributed by atoms with van der Waals surface area (Å²) < 4.78 is 0. The molecule has 0 amide bonds. The molecule has 2 aromatic rings. The summed E-state index contributed by atoms with van der Waals surface area (Å²) in [6.45, 7) is 6.76. The van der Waals surface area contributed by atoms with Gasteiger partial charge in [0.05, 0.1) is 16.2 Å². The number of nitrogens with zero attached hydrogens (tertiary/aromatic N) is 1. The first kappa shape index (κ1) is 14.6. The number of fused-ring (bicyclic) bond motifs is 1. The first-order valence-electron chi connectivity index (χ1n) is 7.86. The zero-order valence-electron chi connectivity index (χ0n) is 13.0. The van der Waals surface area contributed by atoms with Crippen LogP contribution in [0.25, 0.3) is 10.9 Å². The summed E-state index contributed by atoms with van der Waals surface area (Å²) in [6.07, 6.45) is 5.64. The van der Waals surface area contributed by atoms with Gasteiger partial charge in [-0.15, -0.1) is 0 Å². The topological polar surface area (TPSA) is 24.9 Å². The molecule has 3 rings (SSSR count). The maximum atomic E-state index is 6.51. The quantitative estimate of drug-likeness (QED) is 0.799. The standard InChI is InChI=1S/C18H23ClN2/c1-11-6-7-16(12(2)9-11)21-18-14-5-4-8-20-17(14)13(3)10-15(18)19/h4-5,8,10-12,16,21H,6-7,9H2,1-3H3. The minimum atomic E-state index is 0.504. The third-order valence-electron chi connectivity index (χ3n) is 4.79. The van der Waals surface area contributed by atoms with Crippen LogP contribution in [0.3, 0.4) is 0 Å². The molecule has 21 heavy (non-hydrogen) atoms. The highest BCUT2D eigenvalue weighted by molar-refractivity contribution is 6.35. The highest BCUT2D eigenvalue weighted by Gasteiger charge is 2.26. The number of anilines is 1. The van der Waals surface area contributed by atoms with E-state index in [1.54, 1.807) is 0 Å². The molecule has 1 aliphatic carbocycles. The SMILES string of the molecule is Cc1cc(Cl)c(NC2CCC(C)CC2C)c2cccnc12. The number of halogens is 1. The number of rotatable bonds is 2. The average Bonchev–Trinajstić information content (AvgIpc) is 2.45. The molecule has 1 saturated carbocycles. The van der Waals surface area contributed by atoms with Gasteiger partial charge in [-0.1, -0.05) is 25.4 Å². The molecule has 1 aromatic carbocycles. The van der Waals surface area contributed by atoms with Gasteiger partial charge in [0, 0.05) is 17.6 Å². The van der Waals surface area contributed by atoms with Gasteiger partial charge in [0.1, 0.15) is 0 Å². The summed E-state index contributed by atoms with van der Waals surface area (Å²) in [5.41, 5.74) is 3.23. The van der Waals surface area contributed by atoms with Crippen LogP contribution in [0.5, 0.6) is 0 Å². The van der Waals surface area contributed by atoms with Crippen LogP contribution in [0.2, 0.25) is 5.02 Å². The number of benzene rings is 1. The molecule has 0 saturated heterocycles. The number of hydrogen-bond acceptors (Lipinski definition) is 2. The maximum absolute atomic E-state index is 6.51. The lowest BCUT2D eigenvalue weighted by atomic mass is 9.80. The lowest BCUT2D eigenvalue weighted by molar-refractivity contribution is 0.276.